The van der Waals surface area contributed by atoms with Crippen LogP contribution in [0.25, 0.3) is 0 Å². The van der Waals surface area contributed by atoms with Gasteiger partial charge in [-0.2, -0.15) is 0 Å². The number of sulfonamides is 1. The van der Waals surface area contributed by atoms with Gasteiger partial charge in [0.05, 0.1) is 23.4 Å². The molecule has 128 valence electrons. The highest BCUT2D eigenvalue weighted by Crippen LogP contribution is 2.27. The number of carbonyl (C=O) groups excluding carboxylic acids is 1. The molecule has 0 unspecified atom stereocenters. The van der Waals surface area contributed by atoms with Crippen LogP contribution in [0, 0.1) is 0 Å². The van der Waals surface area contributed by atoms with Gasteiger partial charge in [0.1, 0.15) is 11.5 Å². The molecule has 0 atom stereocenters. The summed E-state index contributed by atoms with van der Waals surface area (Å²) in [7, 11) is -2.33. The number of rotatable bonds is 7. The zero-order valence-corrected chi connectivity index (χ0v) is 13.7. The predicted octanol–water partition coefficient (Wildman–Crippen LogP) is 0.942. The number of carbonyl (C=O) groups is 1. The van der Waals surface area contributed by atoms with Gasteiger partial charge in [0.2, 0.25) is 0 Å². The Balaban J connectivity index is 2.16. The first-order chi connectivity index (χ1) is 11.3. The van der Waals surface area contributed by atoms with Crippen LogP contribution < -0.4 is 25.7 Å². The van der Waals surface area contributed by atoms with Crippen molar-refractivity contribution in [2.75, 3.05) is 24.2 Å². The third kappa shape index (κ3) is 4.29. The van der Waals surface area contributed by atoms with E-state index in [1.807, 2.05) is 0 Å². The Morgan fingerprint density at radius 3 is 2.29 bits per heavy atom. The van der Waals surface area contributed by atoms with Crippen molar-refractivity contribution in [2.45, 2.75) is 4.90 Å². The highest BCUT2D eigenvalue weighted by atomic mass is 32.2. The summed E-state index contributed by atoms with van der Waals surface area (Å²) < 4.78 is 37.2. The van der Waals surface area contributed by atoms with E-state index >= 15 is 0 Å². The lowest BCUT2D eigenvalue weighted by Gasteiger charge is -2.12. The van der Waals surface area contributed by atoms with Gasteiger partial charge >= 0.3 is 0 Å². The molecule has 2 rings (SSSR count). The third-order valence-electron chi connectivity index (χ3n) is 3.02. The second-order valence-corrected chi connectivity index (χ2v) is 6.47. The van der Waals surface area contributed by atoms with E-state index in [1.54, 1.807) is 6.07 Å². The molecule has 0 heterocycles. The Kier molecular flexibility index (Phi) is 5.14. The van der Waals surface area contributed by atoms with Crippen LogP contribution in [0.1, 0.15) is 0 Å². The minimum atomic E-state index is -3.82. The van der Waals surface area contributed by atoms with Crippen LogP contribution in [0.4, 0.5) is 11.4 Å². The largest absolute Gasteiger partial charge is 0.497 e. The average Bonchev–Trinajstić information content (AvgIpc) is 2.55. The quantitative estimate of drug-likeness (QED) is 0.636. The lowest BCUT2D eigenvalue weighted by Crippen LogP contribution is -2.20. The van der Waals surface area contributed by atoms with Gasteiger partial charge in [-0.25, -0.2) is 8.42 Å². The van der Waals surface area contributed by atoms with Crippen LogP contribution >= 0.6 is 0 Å². The van der Waals surface area contributed by atoms with E-state index in [-0.39, 0.29) is 22.9 Å². The fraction of sp³-hybridized carbons (Fsp3) is 0.133. The molecule has 0 saturated heterocycles. The number of nitrogens with two attached hydrogens (primary N) is 2. The van der Waals surface area contributed by atoms with Gasteiger partial charge < -0.3 is 20.9 Å². The van der Waals surface area contributed by atoms with Crippen molar-refractivity contribution >= 4 is 27.3 Å². The SMILES string of the molecule is COc1ccc(NS(=O)(=O)c2ccc(OCC(N)=O)cc2)c(N)c1. The summed E-state index contributed by atoms with van der Waals surface area (Å²) in [6.07, 6.45) is 0. The van der Waals surface area contributed by atoms with Crippen LogP contribution in [0.5, 0.6) is 11.5 Å². The normalized spacial score (nSPS) is 10.9. The molecule has 2 aromatic carbocycles. The summed E-state index contributed by atoms with van der Waals surface area (Å²) in [5, 5.41) is 0. The molecule has 0 aliphatic rings. The van der Waals surface area contributed by atoms with Gasteiger partial charge in [-0.3, -0.25) is 9.52 Å². The number of benzene rings is 2. The van der Waals surface area contributed by atoms with Crippen LogP contribution in [0.2, 0.25) is 0 Å². The van der Waals surface area contributed by atoms with Crippen LogP contribution in [0.3, 0.4) is 0 Å². The Labute approximate surface area is 139 Å². The topological polar surface area (TPSA) is 134 Å². The van der Waals surface area contributed by atoms with Gasteiger partial charge in [0, 0.05) is 6.07 Å². The summed E-state index contributed by atoms with van der Waals surface area (Å²) in [5.41, 5.74) is 11.2. The fourth-order valence-electron chi connectivity index (χ4n) is 1.83. The molecule has 0 bridgehead atoms. The number of nitrogens with one attached hydrogen (secondary N) is 1. The van der Waals surface area contributed by atoms with E-state index in [0.29, 0.717) is 11.5 Å². The Morgan fingerprint density at radius 2 is 1.75 bits per heavy atom. The van der Waals surface area contributed by atoms with Crippen molar-refractivity contribution in [1.29, 1.82) is 0 Å². The van der Waals surface area contributed by atoms with Crippen LogP contribution in [0.15, 0.2) is 47.4 Å². The molecule has 8 nitrogen and oxygen atoms in total. The van der Waals surface area contributed by atoms with Crippen LogP contribution in [-0.2, 0) is 14.8 Å². The smallest absolute Gasteiger partial charge is 0.261 e. The van der Waals surface area contributed by atoms with E-state index in [0.717, 1.165) is 0 Å². The van der Waals surface area contributed by atoms with Gasteiger partial charge in [0.25, 0.3) is 15.9 Å². The number of hydrogen-bond acceptors (Lipinski definition) is 6. The second kappa shape index (κ2) is 7.09. The molecule has 5 N–H and O–H groups in total. The molecule has 0 aliphatic carbocycles. The molecular weight excluding hydrogens is 334 g/mol. The molecule has 0 saturated carbocycles. The molecule has 2 aromatic rings. The molecule has 0 aromatic heterocycles. The first-order valence-corrected chi connectivity index (χ1v) is 8.27. The minimum Gasteiger partial charge on any atom is -0.497 e. The predicted molar refractivity (Wildman–Crippen MR) is 89.3 cm³/mol. The Bertz CT molecular complexity index is 835. The number of amides is 1. The number of nitrogen functional groups attached to an aromatic ring is 1. The van der Waals surface area contributed by atoms with E-state index in [2.05, 4.69) is 4.72 Å². The first kappa shape index (κ1) is 17.4. The summed E-state index contributed by atoms with van der Waals surface area (Å²) >= 11 is 0. The lowest BCUT2D eigenvalue weighted by molar-refractivity contribution is -0.119. The molecule has 0 aliphatic heterocycles. The van der Waals surface area contributed by atoms with E-state index in [9.17, 15) is 13.2 Å². The molecule has 24 heavy (non-hydrogen) atoms. The van der Waals surface area contributed by atoms with Gasteiger partial charge in [-0.1, -0.05) is 0 Å². The summed E-state index contributed by atoms with van der Waals surface area (Å²) in [5.74, 6) is 0.228. The first-order valence-electron chi connectivity index (χ1n) is 6.79. The van der Waals surface area contributed by atoms with Gasteiger partial charge in [0.15, 0.2) is 6.61 Å². The third-order valence-corrected chi connectivity index (χ3v) is 4.40. The van der Waals surface area contributed by atoms with Gasteiger partial charge in [-0.15, -0.1) is 0 Å². The number of hydrogen-bond donors (Lipinski definition) is 3. The molecular formula is C15H17N3O5S. The van der Waals surface area contributed by atoms with Crippen molar-refractivity contribution in [3.63, 3.8) is 0 Å². The lowest BCUT2D eigenvalue weighted by atomic mass is 10.2. The average molecular weight is 351 g/mol. The van der Waals surface area contributed by atoms with E-state index in [1.165, 1.54) is 43.5 Å². The summed E-state index contributed by atoms with van der Waals surface area (Å²) in [6.45, 7) is -0.285. The number of methoxy groups -OCH3 is 1. The molecule has 0 spiro atoms. The second-order valence-electron chi connectivity index (χ2n) is 4.79. The minimum absolute atomic E-state index is 0.0177. The molecule has 9 heteroatoms. The molecule has 1 amide bonds. The summed E-state index contributed by atoms with van der Waals surface area (Å²) in [6, 6.07) is 10.2. The van der Waals surface area contributed by atoms with Crippen LogP contribution in [-0.4, -0.2) is 28.0 Å². The zero-order chi connectivity index (χ0) is 17.7. The highest BCUT2D eigenvalue weighted by Gasteiger charge is 2.16. The monoisotopic (exact) mass is 351 g/mol. The van der Waals surface area contributed by atoms with Crippen molar-refractivity contribution in [2.24, 2.45) is 5.73 Å². The van der Waals surface area contributed by atoms with Crippen molar-refractivity contribution in [3.8, 4) is 11.5 Å². The number of anilines is 2. The number of ether oxygens (including phenoxy) is 2. The van der Waals surface area contributed by atoms with Crippen molar-refractivity contribution in [1.82, 2.24) is 0 Å². The maximum atomic E-state index is 12.4. The number of primary amides is 1. The Morgan fingerprint density at radius 1 is 1.12 bits per heavy atom. The fourth-order valence-corrected chi connectivity index (χ4v) is 2.92. The van der Waals surface area contributed by atoms with E-state index < -0.39 is 15.9 Å². The maximum Gasteiger partial charge on any atom is 0.261 e. The van der Waals surface area contributed by atoms with E-state index in [4.69, 9.17) is 20.9 Å². The highest BCUT2D eigenvalue weighted by molar-refractivity contribution is 7.92. The van der Waals surface area contributed by atoms with Crippen molar-refractivity contribution in [3.05, 3.63) is 42.5 Å². The summed E-state index contributed by atoms with van der Waals surface area (Å²) in [4.78, 5) is 10.7. The Hall–Kier alpha value is -2.94. The molecule has 0 radical (unpaired) electrons. The van der Waals surface area contributed by atoms with Crippen molar-refractivity contribution < 1.29 is 22.7 Å². The zero-order valence-electron chi connectivity index (χ0n) is 12.9. The standard InChI is InChI=1S/C15H17N3O5S/c1-22-11-4-7-14(13(16)8-11)18-24(20,21)12-5-2-10(3-6-12)23-9-15(17)19/h2-8,18H,9,16H2,1H3,(H2,17,19). The van der Waals surface area contributed by atoms with Gasteiger partial charge in [-0.05, 0) is 36.4 Å². The maximum absolute atomic E-state index is 12.4. The molecule has 0 fully saturated rings.